The van der Waals surface area contributed by atoms with Crippen molar-refractivity contribution in [3.8, 4) is 0 Å². The predicted octanol–water partition coefficient (Wildman–Crippen LogP) is 0.526. The summed E-state index contributed by atoms with van der Waals surface area (Å²) in [6.45, 7) is -0.791. The van der Waals surface area contributed by atoms with Crippen LogP contribution in [0.3, 0.4) is 0 Å². The van der Waals surface area contributed by atoms with E-state index < -0.39 is 16.4 Å². The Bertz CT molecular complexity index is 420. The van der Waals surface area contributed by atoms with Crippen LogP contribution in [0.15, 0.2) is 18.2 Å². The van der Waals surface area contributed by atoms with Crippen LogP contribution in [0.1, 0.15) is 11.1 Å². The van der Waals surface area contributed by atoms with E-state index in [-0.39, 0.29) is 6.54 Å². The van der Waals surface area contributed by atoms with Gasteiger partial charge in [0.2, 0.25) is 13.1 Å². The average molecular weight is 226 g/mol. The minimum Gasteiger partial charge on any atom is -0.324 e. The van der Waals surface area contributed by atoms with Crippen molar-refractivity contribution in [1.82, 2.24) is 0 Å². The molecule has 0 saturated carbocycles. The minimum absolute atomic E-state index is 0.326. The zero-order chi connectivity index (χ0) is 12.1. The number of nitrogens with one attached hydrogen (secondary N) is 1. The Balaban J connectivity index is 3.00. The van der Waals surface area contributed by atoms with Crippen LogP contribution >= 0.6 is 0 Å². The molecule has 1 rings (SSSR count). The summed E-state index contributed by atoms with van der Waals surface area (Å²) in [6, 6.07) is 4.39. The number of hydrogen-bond donors (Lipinski definition) is 2. The van der Waals surface area contributed by atoms with Crippen LogP contribution < -0.4 is 11.3 Å². The van der Waals surface area contributed by atoms with Crippen LogP contribution in [0.5, 0.6) is 0 Å². The highest BCUT2D eigenvalue weighted by Crippen LogP contribution is 2.17. The Morgan fingerprint density at radius 3 is 2.31 bits per heavy atom. The Morgan fingerprint density at radius 2 is 1.81 bits per heavy atom. The van der Waals surface area contributed by atoms with Gasteiger partial charge in [-0.1, -0.05) is 6.07 Å². The lowest BCUT2D eigenvalue weighted by atomic mass is 10.1. The van der Waals surface area contributed by atoms with Crippen molar-refractivity contribution in [2.75, 3.05) is 5.43 Å². The Labute approximate surface area is 90.3 Å². The molecule has 8 nitrogen and oxygen atoms in total. The van der Waals surface area contributed by atoms with Crippen molar-refractivity contribution < 1.29 is 9.85 Å². The molecule has 0 amide bonds. The molecule has 1 aromatic carbocycles. The second-order valence-electron chi connectivity index (χ2n) is 3.12. The first kappa shape index (κ1) is 11.9. The van der Waals surface area contributed by atoms with Gasteiger partial charge in [-0.3, -0.25) is 26.1 Å². The van der Waals surface area contributed by atoms with Gasteiger partial charge in [-0.15, -0.1) is 0 Å². The average Bonchev–Trinajstić information content (AvgIpc) is 2.16. The standard InChI is InChI=1S/C8H10N4O4/c9-10-8-2-1-6(4-11(13)14)3-7(8)5-12(15)16/h1-3,10H,4-5,9H2. The fraction of sp³-hybridized carbons (Fsp3) is 0.250. The second-order valence-corrected chi connectivity index (χ2v) is 3.12. The van der Waals surface area contributed by atoms with Crippen molar-refractivity contribution in [3.63, 3.8) is 0 Å². The van der Waals surface area contributed by atoms with Crippen LogP contribution in [0.4, 0.5) is 5.69 Å². The van der Waals surface area contributed by atoms with Crippen LogP contribution in [-0.2, 0) is 13.1 Å². The van der Waals surface area contributed by atoms with E-state index in [2.05, 4.69) is 5.43 Å². The summed E-state index contributed by atoms with van der Waals surface area (Å²) in [4.78, 5) is 19.6. The highest BCUT2D eigenvalue weighted by molar-refractivity contribution is 5.51. The molecule has 0 unspecified atom stereocenters. The van der Waals surface area contributed by atoms with Gasteiger partial charge in [0.25, 0.3) is 0 Å². The maximum absolute atomic E-state index is 10.4. The van der Waals surface area contributed by atoms with Gasteiger partial charge in [0.15, 0.2) is 0 Å². The summed E-state index contributed by atoms with van der Waals surface area (Å²) in [5.74, 6) is 5.17. The molecule has 0 saturated heterocycles. The summed E-state index contributed by atoms with van der Waals surface area (Å²) in [5.41, 5.74) is 3.43. The van der Waals surface area contributed by atoms with Gasteiger partial charge < -0.3 is 5.43 Å². The first-order valence-electron chi connectivity index (χ1n) is 4.35. The predicted molar refractivity (Wildman–Crippen MR) is 55.6 cm³/mol. The summed E-state index contributed by atoms with van der Waals surface area (Å²) in [5, 5.41) is 20.7. The van der Waals surface area contributed by atoms with Gasteiger partial charge in [-0.2, -0.15) is 0 Å². The summed E-state index contributed by atoms with van der Waals surface area (Å²) in [6.07, 6.45) is 0. The van der Waals surface area contributed by atoms with Crippen molar-refractivity contribution in [3.05, 3.63) is 49.6 Å². The van der Waals surface area contributed by atoms with Gasteiger partial charge in [-0.25, -0.2) is 0 Å². The molecule has 0 atom stereocenters. The van der Waals surface area contributed by atoms with E-state index in [1.54, 1.807) is 0 Å². The van der Waals surface area contributed by atoms with Gasteiger partial charge in [0.1, 0.15) is 0 Å². The lowest BCUT2D eigenvalue weighted by molar-refractivity contribution is -0.498. The maximum Gasteiger partial charge on any atom is 0.230 e. The van der Waals surface area contributed by atoms with Gasteiger partial charge in [0, 0.05) is 21.0 Å². The molecule has 0 aromatic heterocycles. The van der Waals surface area contributed by atoms with Crippen LogP contribution in [0.2, 0.25) is 0 Å². The van der Waals surface area contributed by atoms with Gasteiger partial charge >= 0.3 is 0 Å². The molecule has 0 aliphatic rings. The zero-order valence-corrected chi connectivity index (χ0v) is 8.25. The highest BCUT2D eigenvalue weighted by Gasteiger charge is 2.11. The van der Waals surface area contributed by atoms with E-state index in [1.807, 2.05) is 0 Å². The second kappa shape index (κ2) is 5.03. The molecule has 0 radical (unpaired) electrons. The summed E-state index contributed by atoms with van der Waals surface area (Å²) in [7, 11) is 0. The van der Waals surface area contributed by atoms with E-state index in [9.17, 15) is 20.2 Å². The highest BCUT2D eigenvalue weighted by atomic mass is 16.6. The van der Waals surface area contributed by atoms with Crippen molar-refractivity contribution in [2.24, 2.45) is 5.84 Å². The van der Waals surface area contributed by atoms with Crippen LogP contribution in [0, 0.1) is 20.2 Å². The number of nitrogen functional groups attached to an aromatic ring is 1. The lowest BCUT2D eigenvalue weighted by Gasteiger charge is -2.06. The number of anilines is 1. The van der Waals surface area contributed by atoms with Crippen molar-refractivity contribution >= 4 is 5.69 Å². The summed E-state index contributed by atoms with van der Waals surface area (Å²) < 4.78 is 0. The SMILES string of the molecule is NNc1ccc(C[N+](=O)[O-])cc1C[N+](=O)[O-]. The topological polar surface area (TPSA) is 124 Å². The molecular weight excluding hydrogens is 216 g/mol. The monoisotopic (exact) mass is 226 g/mol. The number of nitro groups is 2. The van der Waals surface area contributed by atoms with E-state index in [4.69, 9.17) is 5.84 Å². The minimum atomic E-state index is -0.522. The molecule has 0 aliphatic carbocycles. The molecule has 0 aliphatic heterocycles. The molecule has 0 bridgehead atoms. The third-order valence-electron chi connectivity index (χ3n) is 1.94. The molecular formula is C8H10N4O4. The largest absolute Gasteiger partial charge is 0.324 e. The van der Waals surface area contributed by atoms with E-state index in [1.165, 1.54) is 18.2 Å². The van der Waals surface area contributed by atoms with Gasteiger partial charge in [-0.05, 0) is 12.1 Å². The molecule has 86 valence electrons. The number of nitrogens with zero attached hydrogens (tertiary/aromatic N) is 2. The fourth-order valence-corrected chi connectivity index (χ4v) is 1.31. The first-order valence-corrected chi connectivity index (χ1v) is 4.35. The fourth-order valence-electron chi connectivity index (χ4n) is 1.31. The van der Waals surface area contributed by atoms with E-state index in [0.717, 1.165) is 0 Å². The normalized spacial score (nSPS) is 9.81. The smallest absolute Gasteiger partial charge is 0.230 e. The Kier molecular flexibility index (Phi) is 3.72. The number of hydrazine groups is 1. The number of nitrogens with two attached hydrogens (primary N) is 1. The molecule has 0 fully saturated rings. The number of hydrogen-bond acceptors (Lipinski definition) is 6. The quantitative estimate of drug-likeness (QED) is 0.428. The third-order valence-corrected chi connectivity index (χ3v) is 1.94. The molecule has 16 heavy (non-hydrogen) atoms. The Hall–Kier alpha value is -2.22. The maximum atomic E-state index is 10.4. The Morgan fingerprint density at radius 1 is 1.19 bits per heavy atom. The number of benzene rings is 1. The lowest BCUT2D eigenvalue weighted by Crippen LogP contribution is -2.12. The molecule has 3 N–H and O–H groups in total. The number of rotatable bonds is 5. The third kappa shape index (κ3) is 3.17. The van der Waals surface area contributed by atoms with E-state index >= 15 is 0 Å². The van der Waals surface area contributed by atoms with Crippen molar-refractivity contribution in [2.45, 2.75) is 13.1 Å². The van der Waals surface area contributed by atoms with Crippen molar-refractivity contribution in [1.29, 1.82) is 0 Å². The van der Waals surface area contributed by atoms with Crippen LogP contribution in [-0.4, -0.2) is 9.85 Å². The summed E-state index contributed by atoms with van der Waals surface area (Å²) >= 11 is 0. The molecule has 0 spiro atoms. The molecule has 8 heteroatoms. The first-order chi connectivity index (χ1) is 7.52. The van der Waals surface area contributed by atoms with E-state index in [0.29, 0.717) is 16.8 Å². The zero-order valence-electron chi connectivity index (χ0n) is 8.25. The molecule has 0 heterocycles. The van der Waals surface area contributed by atoms with Gasteiger partial charge in [0.05, 0.1) is 5.69 Å². The van der Waals surface area contributed by atoms with Crippen LogP contribution in [0.25, 0.3) is 0 Å². The molecule has 1 aromatic rings.